The minimum absolute atomic E-state index is 0.571. The van der Waals surface area contributed by atoms with Gasteiger partial charge in [-0.05, 0) is 25.3 Å². The van der Waals surface area contributed by atoms with Crippen LogP contribution in [0.3, 0.4) is 0 Å². The normalized spacial score (nSPS) is 20.9. The van der Waals surface area contributed by atoms with Crippen LogP contribution in [0.15, 0.2) is 18.6 Å². The van der Waals surface area contributed by atoms with Crippen LogP contribution in [0.1, 0.15) is 26.7 Å². The first kappa shape index (κ1) is 12.3. The number of aromatic nitrogens is 2. The summed E-state index contributed by atoms with van der Waals surface area (Å²) in [7, 11) is 0. The van der Waals surface area contributed by atoms with Gasteiger partial charge in [0, 0.05) is 31.5 Å². The van der Waals surface area contributed by atoms with E-state index in [1.54, 1.807) is 12.4 Å². The summed E-state index contributed by atoms with van der Waals surface area (Å²) in [6.45, 7) is 7.70. The van der Waals surface area contributed by atoms with Crippen molar-refractivity contribution in [1.82, 2.24) is 15.3 Å². The van der Waals surface area contributed by atoms with Crippen LogP contribution in [0.2, 0.25) is 0 Å². The third-order valence-electron chi connectivity index (χ3n) is 3.21. The number of anilines is 1. The summed E-state index contributed by atoms with van der Waals surface area (Å²) in [5.74, 6) is 1.75. The number of rotatable bonds is 4. The van der Waals surface area contributed by atoms with Crippen LogP contribution in [-0.2, 0) is 0 Å². The van der Waals surface area contributed by atoms with Gasteiger partial charge >= 0.3 is 0 Å². The Hall–Kier alpha value is -1.16. The summed E-state index contributed by atoms with van der Waals surface area (Å²) in [4.78, 5) is 10.9. The van der Waals surface area contributed by atoms with E-state index in [1.807, 2.05) is 6.20 Å². The van der Waals surface area contributed by atoms with Gasteiger partial charge in [0.25, 0.3) is 0 Å². The standard InChI is InChI=1S/C13H22N4/c1-11(2)16-8-12-4-3-7-17(10-12)13-9-14-5-6-15-13/h5-6,9,11-12,16H,3-4,7-8,10H2,1-2H3. The van der Waals surface area contributed by atoms with Crippen molar-refractivity contribution in [2.24, 2.45) is 5.92 Å². The second kappa shape index (κ2) is 5.96. The summed E-state index contributed by atoms with van der Waals surface area (Å²) in [6.07, 6.45) is 7.92. The number of nitrogens with zero attached hydrogens (tertiary/aromatic N) is 3. The van der Waals surface area contributed by atoms with Gasteiger partial charge in [-0.3, -0.25) is 4.98 Å². The van der Waals surface area contributed by atoms with Crippen LogP contribution in [0, 0.1) is 5.92 Å². The summed E-state index contributed by atoms with van der Waals surface area (Å²) < 4.78 is 0. The van der Waals surface area contributed by atoms with E-state index in [0.29, 0.717) is 6.04 Å². The van der Waals surface area contributed by atoms with Crippen LogP contribution in [0.25, 0.3) is 0 Å². The molecule has 0 amide bonds. The zero-order chi connectivity index (χ0) is 12.1. The Bertz CT molecular complexity index is 325. The molecule has 4 nitrogen and oxygen atoms in total. The first-order valence-electron chi connectivity index (χ1n) is 6.50. The van der Waals surface area contributed by atoms with Gasteiger partial charge in [0.2, 0.25) is 0 Å². The molecule has 0 saturated carbocycles. The molecule has 94 valence electrons. The lowest BCUT2D eigenvalue weighted by atomic mass is 9.98. The lowest BCUT2D eigenvalue weighted by Crippen LogP contribution is -2.41. The summed E-state index contributed by atoms with van der Waals surface area (Å²) >= 11 is 0. The molecule has 1 atom stereocenters. The van der Waals surface area contributed by atoms with Gasteiger partial charge in [-0.25, -0.2) is 4.98 Å². The molecule has 1 aromatic rings. The van der Waals surface area contributed by atoms with E-state index in [1.165, 1.54) is 12.8 Å². The Kier molecular flexibility index (Phi) is 4.31. The lowest BCUT2D eigenvalue weighted by Gasteiger charge is -2.33. The average Bonchev–Trinajstić information content (AvgIpc) is 2.38. The Morgan fingerprint density at radius 2 is 2.35 bits per heavy atom. The molecule has 0 radical (unpaired) electrons. The molecule has 0 aliphatic carbocycles. The van der Waals surface area contributed by atoms with E-state index in [0.717, 1.165) is 31.4 Å². The van der Waals surface area contributed by atoms with Gasteiger partial charge in [-0.15, -0.1) is 0 Å². The molecule has 4 heteroatoms. The van der Waals surface area contributed by atoms with Crippen LogP contribution in [0.5, 0.6) is 0 Å². The van der Waals surface area contributed by atoms with Crippen molar-refractivity contribution in [1.29, 1.82) is 0 Å². The molecule has 0 bridgehead atoms. The van der Waals surface area contributed by atoms with Gasteiger partial charge in [-0.1, -0.05) is 13.8 Å². The number of hydrogen-bond donors (Lipinski definition) is 1. The number of hydrogen-bond acceptors (Lipinski definition) is 4. The highest BCUT2D eigenvalue weighted by molar-refractivity contribution is 5.35. The SMILES string of the molecule is CC(C)NCC1CCCN(c2cnccn2)C1. The summed E-state index contributed by atoms with van der Waals surface area (Å²) in [5, 5.41) is 3.52. The first-order chi connectivity index (χ1) is 8.25. The number of piperidine rings is 1. The molecule has 17 heavy (non-hydrogen) atoms. The van der Waals surface area contributed by atoms with E-state index in [4.69, 9.17) is 0 Å². The molecule has 1 aromatic heterocycles. The third kappa shape index (κ3) is 3.66. The Morgan fingerprint density at radius 3 is 3.06 bits per heavy atom. The summed E-state index contributed by atoms with van der Waals surface area (Å²) in [6, 6.07) is 0.571. The van der Waals surface area contributed by atoms with E-state index >= 15 is 0 Å². The zero-order valence-corrected chi connectivity index (χ0v) is 10.8. The third-order valence-corrected chi connectivity index (χ3v) is 3.21. The van der Waals surface area contributed by atoms with Crippen molar-refractivity contribution >= 4 is 5.82 Å². The van der Waals surface area contributed by atoms with Gasteiger partial charge in [0.15, 0.2) is 0 Å². The Morgan fingerprint density at radius 1 is 1.47 bits per heavy atom. The highest BCUT2D eigenvalue weighted by atomic mass is 15.2. The fourth-order valence-corrected chi connectivity index (χ4v) is 2.30. The van der Waals surface area contributed by atoms with E-state index in [-0.39, 0.29) is 0 Å². The molecule has 2 heterocycles. The van der Waals surface area contributed by atoms with Gasteiger partial charge in [0.1, 0.15) is 5.82 Å². The second-order valence-corrected chi connectivity index (χ2v) is 5.08. The first-order valence-corrected chi connectivity index (χ1v) is 6.50. The average molecular weight is 234 g/mol. The molecule has 1 N–H and O–H groups in total. The van der Waals surface area contributed by atoms with E-state index in [2.05, 4.69) is 34.0 Å². The van der Waals surface area contributed by atoms with E-state index in [9.17, 15) is 0 Å². The molecular formula is C13H22N4. The van der Waals surface area contributed by atoms with Gasteiger partial charge < -0.3 is 10.2 Å². The molecule has 0 aromatic carbocycles. The van der Waals surface area contributed by atoms with Crippen molar-refractivity contribution in [3.05, 3.63) is 18.6 Å². The predicted molar refractivity (Wildman–Crippen MR) is 70.1 cm³/mol. The van der Waals surface area contributed by atoms with Crippen molar-refractivity contribution in [2.75, 3.05) is 24.5 Å². The molecule has 1 fully saturated rings. The van der Waals surface area contributed by atoms with Crippen LogP contribution in [0.4, 0.5) is 5.82 Å². The van der Waals surface area contributed by atoms with Crippen LogP contribution >= 0.6 is 0 Å². The van der Waals surface area contributed by atoms with Crippen molar-refractivity contribution < 1.29 is 0 Å². The molecule has 1 aliphatic heterocycles. The molecular weight excluding hydrogens is 212 g/mol. The van der Waals surface area contributed by atoms with Crippen molar-refractivity contribution in [2.45, 2.75) is 32.7 Å². The maximum atomic E-state index is 4.38. The zero-order valence-electron chi connectivity index (χ0n) is 10.8. The lowest BCUT2D eigenvalue weighted by molar-refractivity contribution is 0.378. The predicted octanol–water partition coefficient (Wildman–Crippen LogP) is 1.69. The van der Waals surface area contributed by atoms with Gasteiger partial charge in [-0.2, -0.15) is 0 Å². The Labute approximate surface area is 103 Å². The Balaban J connectivity index is 1.89. The largest absolute Gasteiger partial charge is 0.355 e. The minimum Gasteiger partial charge on any atom is -0.355 e. The fraction of sp³-hybridized carbons (Fsp3) is 0.692. The topological polar surface area (TPSA) is 41.0 Å². The summed E-state index contributed by atoms with van der Waals surface area (Å²) in [5.41, 5.74) is 0. The quantitative estimate of drug-likeness (QED) is 0.861. The molecule has 1 unspecified atom stereocenters. The number of nitrogens with one attached hydrogen (secondary N) is 1. The fourth-order valence-electron chi connectivity index (χ4n) is 2.30. The molecule has 0 spiro atoms. The minimum atomic E-state index is 0.571. The molecule has 1 aliphatic rings. The van der Waals surface area contributed by atoms with Gasteiger partial charge in [0.05, 0.1) is 6.20 Å². The van der Waals surface area contributed by atoms with Crippen molar-refractivity contribution in [3.8, 4) is 0 Å². The maximum Gasteiger partial charge on any atom is 0.147 e. The van der Waals surface area contributed by atoms with E-state index < -0.39 is 0 Å². The maximum absolute atomic E-state index is 4.38. The monoisotopic (exact) mass is 234 g/mol. The highest BCUT2D eigenvalue weighted by Gasteiger charge is 2.20. The second-order valence-electron chi connectivity index (χ2n) is 5.08. The highest BCUT2D eigenvalue weighted by Crippen LogP contribution is 2.20. The molecule has 2 rings (SSSR count). The smallest absolute Gasteiger partial charge is 0.147 e. The van der Waals surface area contributed by atoms with Crippen LogP contribution in [-0.4, -0.2) is 35.6 Å². The van der Waals surface area contributed by atoms with Crippen molar-refractivity contribution in [3.63, 3.8) is 0 Å². The van der Waals surface area contributed by atoms with Crippen LogP contribution < -0.4 is 10.2 Å². The molecule has 1 saturated heterocycles.